The van der Waals surface area contributed by atoms with E-state index in [-0.39, 0.29) is 37.5 Å². The number of morpholine rings is 1. The molecule has 1 saturated heterocycles. The van der Waals surface area contributed by atoms with E-state index in [0.717, 1.165) is 18.2 Å². The van der Waals surface area contributed by atoms with Crippen LogP contribution in [-0.2, 0) is 20.7 Å². The number of carbonyl (C=O) groups is 2. The number of hydrogen-bond acceptors (Lipinski definition) is 3. The Morgan fingerprint density at radius 1 is 1.38 bits per heavy atom. The van der Waals surface area contributed by atoms with Crippen LogP contribution in [0.25, 0.3) is 0 Å². The Hall–Kier alpha value is -2.02. The van der Waals surface area contributed by atoms with Gasteiger partial charge in [0.1, 0.15) is 11.6 Å². The number of rotatable bonds is 4. The summed E-state index contributed by atoms with van der Waals surface area (Å²) in [7, 11) is 0. The molecule has 1 aliphatic rings. The molecule has 0 radical (unpaired) electrons. The number of carboxylic acid groups (broad SMARTS) is 1. The summed E-state index contributed by atoms with van der Waals surface area (Å²) >= 11 is 0. The molecule has 21 heavy (non-hydrogen) atoms. The van der Waals surface area contributed by atoms with Crippen molar-refractivity contribution >= 4 is 11.9 Å². The highest BCUT2D eigenvalue weighted by molar-refractivity contribution is 5.79. The molecule has 1 N–H and O–H groups in total. The lowest BCUT2D eigenvalue weighted by Gasteiger charge is -2.32. The second-order valence-electron chi connectivity index (χ2n) is 4.84. The van der Waals surface area contributed by atoms with Crippen LogP contribution in [0.15, 0.2) is 18.2 Å². The number of halogens is 2. The van der Waals surface area contributed by atoms with Gasteiger partial charge < -0.3 is 14.7 Å². The molecule has 7 heteroatoms. The van der Waals surface area contributed by atoms with Crippen LogP contribution in [0.3, 0.4) is 0 Å². The van der Waals surface area contributed by atoms with Gasteiger partial charge in [0.05, 0.1) is 25.6 Å². The molecule has 114 valence electrons. The highest BCUT2D eigenvalue weighted by Gasteiger charge is 2.26. The number of hydrogen-bond donors (Lipinski definition) is 1. The first-order chi connectivity index (χ1) is 9.95. The zero-order chi connectivity index (χ0) is 15.4. The van der Waals surface area contributed by atoms with Crippen LogP contribution in [0.2, 0.25) is 0 Å². The van der Waals surface area contributed by atoms with E-state index in [2.05, 4.69) is 0 Å². The Balaban J connectivity index is 1.99. The molecule has 0 unspecified atom stereocenters. The summed E-state index contributed by atoms with van der Waals surface area (Å²) in [4.78, 5) is 24.2. The van der Waals surface area contributed by atoms with Gasteiger partial charge in [-0.1, -0.05) is 0 Å². The van der Waals surface area contributed by atoms with Gasteiger partial charge in [0.2, 0.25) is 5.91 Å². The fourth-order valence-corrected chi connectivity index (χ4v) is 2.22. The second kappa shape index (κ2) is 6.62. The Labute approximate surface area is 120 Å². The molecule has 1 fully saturated rings. The molecule has 1 amide bonds. The zero-order valence-corrected chi connectivity index (χ0v) is 11.2. The fourth-order valence-electron chi connectivity index (χ4n) is 2.22. The molecule has 0 bridgehead atoms. The van der Waals surface area contributed by atoms with Crippen LogP contribution in [-0.4, -0.2) is 47.7 Å². The van der Waals surface area contributed by atoms with Crippen LogP contribution in [0.4, 0.5) is 8.78 Å². The number of carbonyl (C=O) groups excluding carboxylic acids is 1. The average molecular weight is 299 g/mol. The van der Waals surface area contributed by atoms with Crippen LogP contribution in [0.1, 0.15) is 12.0 Å². The second-order valence-corrected chi connectivity index (χ2v) is 4.84. The third-order valence-electron chi connectivity index (χ3n) is 3.24. The maximum Gasteiger partial charge on any atom is 0.306 e. The first-order valence-electron chi connectivity index (χ1n) is 6.51. The van der Waals surface area contributed by atoms with Crippen molar-refractivity contribution < 1.29 is 28.2 Å². The number of benzene rings is 1. The SMILES string of the molecule is O=C(O)C[C@H]1CN(C(=O)Cc2cc(F)ccc2F)CCO1. The van der Waals surface area contributed by atoms with Gasteiger partial charge in [-0.05, 0) is 18.2 Å². The van der Waals surface area contributed by atoms with Crippen molar-refractivity contribution in [3.63, 3.8) is 0 Å². The maximum absolute atomic E-state index is 13.5. The summed E-state index contributed by atoms with van der Waals surface area (Å²) in [6.07, 6.45) is -1.03. The molecule has 2 rings (SSSR count). The predicted octanol–water partition coefficient (Wildman–Crippen LogP) is 1.21. The van der Waals surface area contributed by atoms with Crippen LogP contribution in [0.5, 0.6) is 0 Å². The molecular formula is C14H15F2NO4. The number of carboxylic acids is 1. The Morgan fingerprint density at radius 3 is 2.86 bits per heavy atom. The molecule has 0 spiro atoms. The molecule has 0 saturated carbocycles. The minimum atomic E-state index is -1.01. The van der Waals surface area contributed by atoms with Gasteiger partial charge in [-0.3, -0.25) is 9.59 Å². The highest BCUT2D eigenvalue weighted by atomic mass is 19.1. The van der Waals surface area contributed by atoms with E-state index in [1.54, 1.807) is 0 Å². The van der Waals surface area contributed by atoms with E-state index < -0.39 is 23.7 Å². The molecule has 0 aromatic heterocycles. The minimum absolute atomic E-state index is 0.0127. The van der Waals surface area contributed by atoms with Gasteiger partial charge in [0.25, 0.3) is 0 Å². The number of nitrogens with zero attached hydrogens (tertiary/aromatic N) is 1. The first kappa shape index (κ1) is 15.4. The van der Waals surface area contributed by atoms with Crippen molar-refractivity contribution in [3.8, 4) is 0 Å². The summed E-state index contributed by atoms with van der Waals surface area (Å²) in [5.41, 5.74) is -0.0127. The first-order valence-corrected chi connectivity index (χ1v) is 6.51. The summed E-state index contributed by atoms with van der Waals surface area (Å²) in [5.74, 6) is -2.63. The van der Waals surface area contributed by atoms with E-state index in [1.807, 2.05) is 0 Å². The molecular weight excluding hydrogens is 284 g/mol. The summed E-state index contributed by atoms with van der Waals surface area (Å²) in [6.45, 7) is 0.684. The van der Waals surface area contributed by atoms with Gasteiger partial charge in [-0.15, -0.1) is 0 Å². The van der Waals surface area contributed by atoms with E-state index in [4.69, 9.17) is 9.84 Å². The molecule has 1 aromatic rings. The molecule has 1 aliphatic heterocycles. The van der Waals surface area contributed by atoms with E-state index in [0.29, 0.717) is 6.54 Å². The topological polar surface area (TPSA) is 66.8 Å². The average Bonchev–Trinajstić information content (AvgIpc) is 2.42. The molecule has 5 nitrogen and oxygen atoms in total. The highest BCUT2D eigenvalue weighted by Crippen LogP contribution is 2.14. The van der Waals surface area contributed by atoms with Crippen LogP contribution >= 0.6 is 0 Å². The van der Waals surface area contributed by atoms with E-state index in [9.17, 15) is 18.4 Å². The van der Waals surface area contributed by atoms with Gasteiger partial charge in [-0.25, -0.2) is 8.78 Å². The lowest BCUT2D eigenvalue weighted by Crippen LogP contribution is -2.46. The van der Waals surface area contributed by atoms with Crippen molar-refractivity contribution in [2.75, 3.05) is 19.7 Å². The lowest BCUT2D eigenvalue weighted by atomic mass is 10.1. The van der Waals surface area contributed by atoms with Gasteiger partial charge in [0.15, 0.2) is 0 Å². The molecule has 1 aromatic carbocycles. The van der Waals surface area contributed by atoms with Gasteiger partial charge >= 0.3 is 5.97 Å². The number of amides is 1. The molecule has 0 aliphatic carbocycles. The quantitative estimate of drug-likeness (QED) is 0.907. The normalized spacial score (nSPS) is 18.6. The third kappa shape index (κ3) is 4.22. The zero-order valence-electron chi connectivity index (χ0n) is 11.2. The third-order valence-corrected chi connectivity index (χ3v) is 3.24. The van der Waals surface area contributed by atoms with E-state index >= 15 is 0 Å². The maximum atomic E-state index is 13.5. The minimum Gasteiger partial charge on any atom is -0.481 e. The largest absolute Gasteiger partial charge is 0.481 e. The summed E-state index contributed by atoms with van der Waals surface area (Å²) in [6, 6.07) is 2.95. The molecule has 1 atom stereocenters. The Bertz CT molecular complexity index is 550. The monoisotopic (exact) mass is 299 g/mol. The Morgan fingerprint density at radius 2 is 2.14 bits per heavy atom. The van der Waals surface area contributed by atoms with Gasteiger partial charge in [-0.2, -0.15) is 0 Å². The van der Waals surface area contributed by atoms with Crippen molar-refractivity contribution in [2.24, 2.45) is 0 Å². The summed E-state index contributed by atoms with van der Waals surface area (Å²) < 4.78 is 31.8. The molecule has 1 heterocycles. The fraction of sp³-hybridized carbons (Fsp3) is 0.429. The van der Waals surface area contributed by atoms with Crippen molar-refractivity contribution in [1.29, 1.82) is 0 Å². The van der Waals surface area contributed by atoms with Crippen molar-refractivity contribution in [1.82, 2.24) is 4.90 Å². The summed E-state index contributed by atoms with van der Waals surface area (Å²) in [5, 5.41) is 8.72. The van der Waals surface area contributed by atoms with Crippen molar-refractivity contribution in [2.45, 2.75) is 18.9 Å². The lowest BCUT2D eigenvalue weighted by molar-refractivity contribution is -0.147. The van der Waals surface area contributed by atoms with Gasteiger partial charge in [0, 0.05) is 18.7 Å². The Kier molecular flexibility index (Phi) is 4.85. The smallest absolute Gasteiger partial charge is 0.306 e. The standard InChI is InChI=1S/C14H15F2NO4/c15-10-1-2-12(16)9(5-10)6-13(18)17-3-4-21-11(8-17)7-14(19)20/h1-2,5,11H,3-4,6-8H2,(H,19,20)/t11-/m0/s1. The number of aliphatic carboxylic acids is 1. The van der Waals surface area contributed by atoms with E-state index in [1.165, 1.54) is 4.90 Å². The predicted molar refractivity (Wildman–Crippen MR) is 68.6 cm³/mol. The van der Waals surface area contributed by atoms with Crippen LogP contribution < -0.4 is 0 Å². The van der Waals surface area contributed by atoms with Crippen molar-refractivity contribution in [3.05, 3.63) is 35.4 Å². The number of ether oxygens (including phenoxy) is 1. The van der Waals surface area contributed by atoms with Crippen LogP contribution in [0, 0.1) is 11.6 Å².